The zero-order valence-corrected chi connectivity index (χ0v) is 11.2. The molecule has 2 unspecified atom stereocenters. The molecule has 0 saturated carbocycles. The fraction of sp³-hybridized carbons (Fsp3) is 0.571. The van der Waals surface area contributed by atoms with Gasteiger partial charge < -0.3 is 5.32 Å². The second-order valence-corrected chi connectivity index (χ2v) is 6.53. The van der Waals surface area contributed by atoms with E-state index in [0.717, 1.165) is 0 Å². The van der Waals surface area contributed by atoms with E-state index in [4.69, 9.17) is 0 Å². The van der Waals surface area contributed by atoms with E-state index in [9.17, 15) is 0 Å². The summed E-state index contributed by atoms with van der Waals surface area (Å²) in [5.41, 5.74) is 2.76. The van der Waals surface area contributed by atoms with Gasteiger partial charge in [-0.3, -0.25) is 0 Å². The molecule has 16 heavy (non-hydrogen) atoms. The van der Waals surface area contributed by atoms with Gasteiger partial charge >= 0.3 is 0 Å². The molecule has 0 bridgehead atoms. The van der Waals surface area contributed by atoms with Crippen molar-refractivity contribution in [2.24, 2.45) is 0 Å². The molecule has 0 spiro atoms. The van der Waals surface area contributed by atoms with Crippen LogP contribution >= 0.6 is 11.8 Å². The Labute approximate surface area is 103 Å². The lowest BCUT2D eigenvalue weighted by Crippen LogP contribution is -2.35. The number of benzene rings is 1. The van der Waals surface area contributed by atoms with Crippen LogP contribution in [0.15, 0.2) is 24.3 Å². The summed E-state index contributed by atoms with van der Waals surface area (Å²) < 4.78 is 0.365. The summed E-state index contributed by atoms with van der Waals surface area (Å²) in [7, 11) is 2.08. The van der Waals surface area contributed by atoms with Gasteiger partial charge in [-0.1, -0.05) is 29.8 Å². The van der Waals surface area contributed by atoms with Crippen LogP contribution in [0.3, 0.4) is 0 Å². The van der Waals surface area contributed by atoms with Gasteiger partial charge in [0.25, 0.3) is 0 Å². The Morgan fingerprint density at radius 2 is 2.00 bits per heavy atom. The van der Waals surface area contributed by atoms with Crippen LogP contribution in [0.1, 0.15) is 36.9 Å². The minimum Gasteiger partial charge on any atom is -0.312 e. The van der Waals surface area contributed by atoms with Gasteiger partial charge in [0.2, 0.25) is 0 Å². The van der Waals surface area contributed by atoms with E-state index in [1.165, 1.54) is 29.7 Å². The molecule has 1 aliphatic rings. The van der Waals surface area contributed by atoms with E-state index in [0.29, 0.717) is 10.8 Å². The van der Waals surface area contributed by atoms with Crippen molar-refractivity contribution >= 4 is 11.8 Å². The summed E-state index contributed by atoms with van der Waals surface area (Å²) in [4.78, 5) is 0. The zero-order chi connectivity index (χ0) is 11.6. The third kappa shape index (κ3) is 2.28. The van der Waals surface area contributed by atoms with Crippen LogP contribution in [0.4, 0.5) is 0 Å². The van der Waals surface area contributed by atoms with Gasteiger partial charge in [-0.05, 0) is 45.1 Å². The fourth-order valence-corrected chi connectivity index (χ4v) is 4.08. The molecule has 1 aromatic rings. The first kappa shape index (κ1) is 12.0. The van der Waals surface area contributed by atoms with Crippen molar-refractivity contribution < 1.29 is 0 Å². The summed E-state index contributed by atoms with van der Waals surface area (Å²) in [6.07, 6.45) is 2.67. The van der Waals surface area contributed by atoms with E-state index in [1.807, 2.05) is 0 Å². The normalized spacial score (nSPS) is 26.9. The first-order valence-corrected chi connectivity index (χ1v) is 7.02. The number of rotatable bonds is 3. The molecule has 2 atom stereocenters. The van der Waals surface area contributed by atoms with Crippen LogP contribution in [0.25, 0.3) is 0 Å². The van der Waals surface area contributed by atoms with Crippen molar-refractivity contribution in [1.82, 2.24) is 5.32 Å². The Balaban J connectivity index is 2.25. The van der Waals surface area contributed by atoms with Crippen LogP contribution in [0.5, 0.6) is 0 Å². The number of thioether (sulfide) groups is 1. The monoisotopic (exact) mass is 235 g/mol. The van der Waals surface area contributed by atoms with E-state index in [-0.39, 0.29) is 0 Å². The first-order valence-electron chi connectivity index (χ1n) is 6.03. The van der Waals surface area contributed by atoms with E-state index >= 15 is 0 Å². The SMILES string of the molecule is CNC(c1ccc(C)cc1)C1(C)CCCS1. The van der Waals surface area contributed by atoms with Gasteiger partial charge in [0.15, 0.2) is 0 Å². The average Bonchev–Trinajstić information content (AvgIpc) is 2.70. The number of hydrogen-bond donors (Lipinski definition) is 1. The maximum absolute atomic E-state index is 3.50. The average molecular weight is 235 g/mol. The molecular weight excluding hydrogens is 214 g/mol. The molecule has 1 N–H and O–H groups in total. The Morgan fingerprint density at radius 1 is 1.31 bits per heavy atom. The molecule has 0 amide bonds. The van der Waals surface area contributed by atoms with E-state index in [1.54, 1.807) is 0 Å². The van der Waals surface area contributed by atoms with Crippen molar-refractivity contribution in [3.8, 4) is 0 Å². The van der Waals surface area contributed by atoms with Crippen molar-refractivity contribution in [3.63, 3.8) is 0 Å². The summed E-state index contributed by atoms with van der Waals surface area (Å²) in [5, 5.41) is 3.50. The van der Waals surface area contributed by atoms with Crippen molar-refractivity contribution in [3.05, 3.63) is 35.4 Å². The maximum atomic E-state index is 3.50. The first-order chi connectivity index (χ1) is 7.65. The fourth-order valence-electron chi connectivity index (χ4n) is 2.61. The molecule has 1 aromatic carbocycles. The standard InChI is InChI=1S/C14H21NS/c1-11-5-7-12(8-6-11)13(15-3)14(2)9-4-10-16-14/h5-8,13,15H,4,9-10H2,1-3H3. The lowest BCUT2D eigenvalue weighted by molar-refractivity contribution is 0.440. The number of hydrogen-bond acceptors (Lipinski definition) is 2. The van der Waals surface area contributed by atoms with Crippen LogP contribution in [-0.2, 0) is 0 Å². The highest BCUT2D eigenvalue weighted by molar-refractivity contribution is 8.00. The molecule has 2 rings (SSSR count). The third-order valence-electron chi connectivity index (χ3n) is 3.56. The molecule has 1 heterocycles. The van der Waals surface area contributed by atoms with Crippen molar-refractivity contribution in [2.45, 2.75) is 37.5 Å². The van der Waals surface area contributed by atoms with E-state index in [2.05, 4.69) is 62.2 Å². The zero-order valence-electron chi connectivity index (χ0n) is 10.4. The van der Waals surface area contributed by atoms with Gasteiger partial charge in [0.1, 0.15) is 0 Å². The quantitative estimate of drug-likeness (QED) is 0.860. The highest BCUT2D eigenvalue weighted by Crippen LogP contribution is 2.46. The predicted octanol–water partition coefficient (Wildman–Crippen LogP) is 3.54. The molecule has 0 radical (unpaired) electrons. The van der Waals surface area contributed by atoms with Crippen LogP contribution in [0.2, 0.25) is 0 Å². The summed E-state index contributed by atoms with van der Waals surface area (Å²) >= 11 is 2.11. The van der Waals surface area contributed by atoms with Gasteiger partial charge in [0, 0.05) is 10.8 Å². The lowest BCUT2D eigenvalue weighted by Gasteiger charge is -2.33. The molecule has 88 valence electrons. The molecule has 1 nitrogen and oxygen atoms in total. The molecule has 1 saturated heterocycles. The summed E-state index contributed by atoms with van der Waals surface area (Å²) in [5.74, 6) is 1.31. The molecular formula is C14H21NS. The lowest BCUT2D eigenvalue weighted by atomic mass is 9.90. The van der Waals surface area contributed by atoms with Crippen LogP contribution in [0, 0.1) is 6.92 Å². The van der Waals surface area contributed by atoms with Crippen LogP contribution in [-0.4, -0.2) is 17.5 Å². The van der Waals surface area contributed by atoms with Gasteiger partial charge in [-0.2, -0.15) is 11.8 Å². The smallest absolute Gasteiger partial charge is 0.0464 e. The second kappa shape index (κ2) is 4.80. The maximum Gasteiger partial charge on any atom is 0.0464 e. The van der Waals surface area contributed by atoms with Crippen LogP contribution < -0.4 is 5.32 Å². The van der Waals surface area contributed by atoms with Gasteiger partial charge in [-0.25, -0.2) is 0 Å². The van der Waals surface area contributed by atoms with Gasteiger partial charge in [-0.15, -0.1) is 0 Å². The highest BCUT2D eigenvalue weighted by Gasteiger charge is 2.37. The second-order valence-electron chi connectivity index (χ2n) is 4.90. The third-order valence-corrected chi connectivity index (χ3v) is 5.15. The molecule has 2 heteroatoms. The Bertz CT molecular complexity index is 338. The van der Waals surface area contributed by atoms with Crippen molar-refractivity contribution in [2.75, 3.05) is 12.8 Å². The molecule has 1 fully saturated rings. The Hall–Kier alpha value is -0.470. The van der Waals surface area contributed by atoms with E-state index < -0.39 is 0 Å². The largest absolute Gasteiger partial charge is 0.312 e. The summed E-state index contributed by atoms with van der Waals surface area (Å²) in [6, 6.07) is 9.42. The molecule has 0 aliphatic carbocycles. The Kier molecular flexibility index (Phi) is 3.60. The molecule has 0 aromatic heterocycles. The Morgan fingerprint density at radius 3 is 2.50 bits per heavy atom. The minimum absolute atomic E-state index is 0.365. The topological polar surface area (TPSA) is 12.0 Å². The van der Waals surface area contributed by atoms with Gasteiger partial charge in [0.05, 0.1) is 0 Å². The molecule has 1 aliphatic heterocycles. The predicted molar refractivity (Wildman–Crippen MR) is 73.1 cm³/mol. The highest BCUT2D eigenvalue weighted by atomic mass is 32.2. The number of nitrogens with one attached hydrogen (secondary N) is 1. The number of aryl methyl sites for hydroxylation is 1. The summed E-state index contributed by atoms with van der Waals surface area (Å²) in [6.45, 7) is 4.54. The van der Waals surface area contributed by atoms with Crippen molar-refractivity contribution in [1.29, 1.82) is 0 Å². The minimum atomic E-state index is 0.365.